The van der Waals surface area contributed by atoms with Gasteiger partial charge in [0.25, 0.3) is 5.69 Å². The maximum Gasteiger partial charge on any atom is 0.330 e. The number of ether oxygens (including phenoxy) is 2. The average molecular weight is 277 g/mol. The summed E-state index contributed by atoms with van der Waals surface area (Å²) in [4.78, 5) is 21.3. The number of aliphatic hydroxyl groups is 1. The molecule has 0 bridgehead atoms. The fraction of sp³-hybridized carbons (Fsp3) is 0.308. The Morgan fingerprint density at radius 1 is 1.25 bits per heavy atom. The lowest BCUT2D eigenvalue weighted by Gasteiger charge is -2.20. The maximum absolute atomic E-state index is 11.2. The minimum Gasteiger partial charge on any atom is -0.453 e. The van der Waals surface area contributed by atoms with Crippen LogP contribution in [0.25, 0.3) is 0 Å². The lowest BCUT2D eigenvalue weighted by atomic mass is 10.0. The first-order chi connectivity index (χ1) is 9.56. The minimum atomic E-state index is -1.00. The van der Waals surface area contributed by atoms with Crippen molar-refractivity contribution in [3.8, 4) is 0 Å². The summed E-state index contributed by atoms with van der Waals surface area (Å²) in [6.45, 7) is 0. The number of rotatable bonds is 2. The summed E-state index contributed by atoms with van der Waals surface area (Å²) in [5.41, 5.74) is 0.562. The normalized spacial score (nSPS) is 31.8. The molecule has 0 spiro atoms. The number of nitro benzene ring substituents is 1. The first-order valence-corrected chi connectivity index (χ1v) is 6.03. The molecule has 4 atom stereocenters. The van der Waals surface area contributed by atoms with Gasteiger partial charge in [0.2, 0.25) is 0 Å². The summed E-state index contributed by atoms with van der Waals surface area (Å²) in [6.07, 6.45) is -0.121. The number of nitrogens with zero attached hydrogens (tertiary/aromatic N) is 1. The summed E-state index contributed by atoms with van der Waals surface area (Å²) in [5, 5.41) is 20.8. The van der Waals surface area contributed by atoms with Crippen LogP contribution >= 0.6 is 0 Å². The van der Waals surface area contributed by atoms with E-state index < -0.39 is 35.3 Å². The van der Waals surface area contributed by atoms with Crippen LogP contribution in [0.4, 0.5) is 5.69 Å². The zero-order chi connectivity index (χ0) is 14.3. The third kappa shape index (κ3) is 2.06. The van der Waals surface area contributed by atoms with Gasteiger partial charge in [-0.1, -0.05) is 0 Å². The zero-order valence-corrected chi connectivity index (χ0v) is 10.2. The van der Waals surface area contributed by atoms with Crippen LogP contribution in [-0.4, -0.2) is 34.3 Å². The van der Waals surface area contributed by atoms with Gasteiger partial charge < -0.3 is 14.6 Å². The van der Waals surface area contributed by atoms with E-state index >= 15 is 0 Å². The molecule has 0 radical (unpaired) electrons. The predicted octanol–water partition coefficient (Wildman–Crippen LogP) is 0.877. The molecule has 20 heavy (non-hydrogen) atoms. The van der Waals surface area contributed by atoms with Gasteiger partial charge in [-0.3, -0.25) is 10.1 Å². The molecule has 7 nitrogen and oxygen atoms in total. The van der Waals surface area contributed by atoms with Gasteiger partial charge in [-0.2, -0.15) is 0 Å². The minimum absolute atomic E-state index is 0.0371. The second-order valence-corrected chi connectivity index (χ2v) is 4.62. The number of aliphatic hydroxyl groups excluding tert-OH is 1. The molecule has 2 aliphatic heterocycles. The van der Waals surface area contributed by atoms with Crippen molar-refractivity contribution < 1.29 is 24.3 Å². The summed E-state index contributed by atoms with van der Waals surface area (Å²) in [6, 6.07) is 5.73. The number of benzene rings is 1. The van der Waals surface area contributed by atoms with Crippen molar-refractivity contribution >= 4 is 11.7 Å². The summed E-state index contributed by atoms with van der Waals surface area (Å²) in [7, 11) is 0. The van der Waals surface area contributed by atoms with E-state index in [-0.39, 0.29) is 5.69 Å². The molecular weight excluding hydrogens is 266 g/mol. The van der Waals surface area contributed by atoms with E-state index in [0.717, 1.165) is 0 Å². The van der Waals surface area contributed by atoms with Crippen LogP contribution in [0.1, 0.15) is 11.7 Å². The van der Waals surface area contributed by atoms with E-state index in [1.54, 1.807) is 6.08 Å². The van der Waals surface area contributed by atoms with Crippen molar-refractivity contribution in [2.45, 2.75) is 24.4 Å². The van der Waals surface area contributed by atoms with Gasteiger partial charge in [0.1, 0.15) is 18.3 Å². The van der Waals surface area contributed by atoms with Crippen molar-refractivity contribution in [1.29, 1.82) is 0 Å². The number of nitro groups is 1. The Bertz CT molecular complexity index is 581. The Morgan fingerprint density at radius 2 is 1.95 bits per heavy atom. The largest absolute Gasteiger partial charge is 0.453 e. The van der Waals surface area contributed by atoms with Crippen molar-refractivity contribution in [2.75, 3.05) is 0 Å². The van der Waals surface area contributed by atoms with Crippen molar-refractivity contribution in [2.24, 2.45) is 0 Å². The third-order valence-corrected chi connectivity index (χ3v) is 3.38. The molecule has 0 saturated carbocycles. The molecule has 104 valence electrons. The molecule has 2 heterocycles. The molecule has 7 heteroatoms. The number of non-ortho nitro benzene ring substituents is 1. The van der Waals surface area contributed by atoms with Gasteiger partial charge in [-0.25, -0.2) is 4.79 Å². The van der Waals surface area contributed by atoms with E-state index in [2.05, 4.69) is 0 Å². The molecule has 1 fully saturated rings. The number of esters is 1. The van der Waals surface area contributed by atoms with Gasteiger partial charge in [-0.05, 0) is 23.8 Å². The second-order valence-electron chi connectivity index (χ2n) is 4.62. The van der Waals surface area contributed by atoms with Crippen LogP contribution in [0.3, 0.4) is 0 Å². The standard InChI is InChI=1S/C13H11NO6/c15-10-6-5-9-13(20-10)11(16)12(19-9)7-1-3-8(4-2-7)14(17)18/h1-6,9,11-13,16H/t9-,11+,12+,13+/m0/s1. The van der Waals surface area contributed by atoms with Gasteiger partial charge in [0.15, 0.2) is 6.10 Å². The van der Waals surface area contributed by atoms with E-state index in [0.29, 0.717) is 5.56 Å². The summed E-state index contributed by atoms with van der Waals surface area (Å²) in [5.74, 6) is -0.516. The monoisotopic (exact) mass is 277 g/mol. The third-order valence-electron chi connectivity index (χ3n) is 3.38. The molecule has 2 aliphatic rings. The summed E-state index contributed by atoms with van der Waals surface area (Å²) < 4.78 is 10.7. The topological polar surface area (TPSA) is 98.9 Å². The Hall–Kier alpha value is -2.25. The van der Waals surface area contributed by atoms with Gasteiger partial charge in [0.05, 0.1) is 4.92 Å². The smallest absolute Gasteiger partial charge is 0.330 e. The first-order valence-electron chi connectivity index (χ1n) is 6.03. The van der Waals surface area contributed by atoms with E-state index in [1.807, 2.05) is 0 Å². The predicted molar refractivity (Wildman–Crippen MR) is 65.7 cm³/mol. The van der Waals surface area contributed by atoms with Gasteiger partial charge >= 0.3 is 5.97 Å². The maximum atomic E-state index is 11.2. The SMILES string of the molecule is O=C1C=C[C@@H]2O[C@H](c3ccc([N+](=O)[O-])cc3)[C@@H](O)[C@@H]2O1. The molecule has 1 saturated heterocycles. The lowest BCUT2D eigenvalue weighted by Crippen LogP contribution is -2.36. The van der Waals surface area contributed by atoms with Gasteiger partial charge in [-0.15, -0.1) is 0 Å². The molecule has 0 aromatic heterocycles. The number of hydrogen-bond donors (Lipinski definition) is 1. The van der Waals surface area contributed by atoms with Gasteiger partial charge in [0, 0.05) is 18.2 Å². The molecule has 0 unspecified atom stereocenters. The van der Waals surface area contributed by atoms with Crippen LogP contribution in [-0.2, 0) is 14.3 Å². The van der Waals surface area contributed by atoms with Crippen LogP contribution in [0.2, 0.25) is 0 Å². The fourth-order valence-corrected chi connectivity index (χ4v) is 2.39. The molecule has 1 aromatic rings. The van der Waals surface area contributed by atoms with Crippen LogP contribution in [0.15, 0.2) is 36.4 Å². The highest BCUT2D eigenvalue weighted by molar-refractivity contribution is 5.83. The summed E-state index contributed by atoms with van der Waals surface area (Å²) >= 11 is 0. The van der Waals surface area contributed by atoms with Crippen molar-refractivity contribution in [1.82, 2.24) is 0 Å². The Balaban J connectivity index is 1.83. The molecule has 1 aromatic carbocycles. The Kier molecular flexibility index (Phi) is 3.00. The fourth-order valence-electron chi connectivity index (χ4n) is 2.39. The van der Waals surface area contributed by atoms with Crippen molar-refractivity contribution in [3.05, 3.63) is 52.1 Å². The number of carbonyl (C=O) groups is 1. The zero-order valence-electron chi connectivity index (χ0n) is 10.2. The average Bonchev–Trinajstić information content (AvgIpc) is 2.76. The highest BCUT2D eigenvalue weighted by Gasteiger charge is 2.47. The van der Waals surface area contributed by atoms with E-state index in [9.17, 15) is 20.0 Å². The van der Waals surface area contributed by atoms with Crippen LogP contribution in [0, 0.1) is 10.1 Å². The van der Waals surface area contributed by atoms with E-state index in [4.69, 9.17) is 9.47 Å². The highest BCUT2D eigenvalue weighted by Crippen LogP contribution is 2.37. The Morgan fingerprint density at radius 3 is 2.60 bits per heavy atom. The molecule has 3 rings (SSSR count). The second kappa shape index (κ2) is 4.69. The molecular formula is C13H11NO6. The lowest BCUT2D eigenvalue weighted by molar-refractivity contribution is -0.384. The number of hydrogen-bond acceptors (Lipinski definition) is 6. The number of fused-ring (bicyclic) bond motifs is 1. The van der Waals surface area contributed by atoms with Crippen LogP contribution in [0.5, 0.6) is 0 Å². The molecule has 0 aliphatic carbocycles. The van der Waals surface area contributed by atoms with Crippen molar-refractivity contribution in [3.63, 3.8) is 0 Å². The first kappa shape index (κ1) is 12.8. The highest BCUT2D eigenvalue weighted by atomic mass is 16.6. The molecule has 0 amide bonds. The number of carbonyl (C=O) groups excluding carboxylic acids is 1. The molecule has 1 N–H and O–H groups in total. The van der Waals surface area contributed by atoms with Crippen LogP contribution < -0.4 is 0 Å². The quantitative estimate of drug-likeness (QED) is 0.489. The van der Waals surface area contributed by atoms with E-state index in [1.165, 1.54) is 30.3 Å². The Labute approximate surface area is 113 Å².